The standard InChI is InChI=1S/C49H41N3O/c1-30(2)42-26-38(34-15-10-7-11-16-34)27-43(31(3)4)47(42)52-45-29-50-32(5)25-44(45)51-49(52)41-18-12-17-40-39-24-23-37(28-46(39)53-48(40)41)36-21-19-35(20-22-36)33-13-8-6-9-14-33/h6-31H,1-5H3. The lowest BCUT2D eigenvalue weighted by molar-refractivity contribution is 0.669. The molecular weight excluding hydrogens is 647 g/mol. The Bertz CT molecular complexity index is 2740. The van der Waals surface area contributed by atoms with Gasteiger partial charge >= 0.3 is 0 Å². The first-order chi connectivity index (χ1) is 25.8. The molecule has 0 spiro atoms. The van der Waals surface area contributed by atoms with Gasteiger partial charge < -0.3 is 4.42 Å². The summed E-state index contributed by atoms with van der Waals surface area (Å²) in [6.07, 6.45) is 1.98. The van der Waals surface area contributed by atoms with Gasteiger partial charge in [0.1, 0.15) is 17.0 Å². The number of pyridine rings is 1. The number of furan rings is 1. The van der Waals surface area contributed by atoms with Crippen LogP contribution in [-0.4, -0.2) is 14.5 Å². The number of hydrogen-bond donors (Lipinski definition) is 0. The lowest BCUT2D eigenvalue weighted by atomic mass is 9.88. The third kappa shape index (κ3) is 5.72. The average molecular weight is 688 g/mol. The highest BCUT2D eigenvalue weighted by Gasteiger charge is 2.26. The Hall–Kier alpha value is -6.26. The van der Waals surface area contributed by atoms with Crippen LogP contribution < -0.4 is 0 Å². The second-order valence-corrected chi connectivity index (χ2v) is 14.7. The van der Waals surface area contributed by atoms with Crippen molar-refractivity contribution >= 4 is 33.0 Å². The summed E-state index contributed by atoms with van der Waals surface area (Å²) in [6.45, 7) is 11.2. The van der Waals surface area contributed by atoms with Crippen molar-refractivity contribution in [1.29, 1.82) is 0 Å². The van der Waals surface area contributed by atoms with Crippen molar-refractivity contribution in [3.63, 3.8) is 0 Å². The van der Waals surface area contributed by atoms with Gasteiger partial charge in [0.2, 0.25) is 0 Å². The zero-order valence-corrected chi connectivity index (χ0v) is 30.8. The number of benzene rings is 6. The molecule has 6 aromatic carbocycles. The Kier molecular flexibility index (Phi) is 8.04. The van der Waals surface area contributed by atoms with E-state index >= 15 is 0 Å². The van der Waals surface area contributed by atoms with Gasteiger partial charge in [0, 0.05) is 16.5 Å². The molecule has 0 saturated carbocycles. The fraction of sp³-hybridized carbons (Fsp3) is 0.143. The molecule has 9 aromatic rings. The molecule has 0 unspecified atom stereocenters. The molecule has 0 amide bonds. The summed E-state index contributed by atoms with van der Waals surface area (Å²) in [4.78, 5) is 10.2. The summed E-state index contributed by atoms with van der Waals surface area (Å²) in [5.74, 6) is 1.37. The van der Waals surface area contributed by atoms with E-state index in [1.54, 1.807) is 0 Å². The van der Waals surface area contributed by atoms with Gasteiger partial charge in [0.05, 0.1) is 28.5 Å². The molecule has 0 N–H and O–H groups in total. The maximum Gasteiger partial charge on any atom is 0.149 e. The van der Waals surface area contributed by atoms with E-state index in [1.165, 1.54) is 39.1 Å². The van der Waals surface area contributed by atoms with E-state index in [0.29, 0.717) is 0 Å². The van der Waals surface area contributed by atoms with Crippen LogP contribution >= 0.6 is 0 Å². The minimum absolute atomic E-state index is 0.261. The number of rotatable bonds is 7. The molecule has 0 aliphatic carbocycles. The minimum atomic E-state index is 0.261. The van der Waals surface area contributed by atoms with Gasteiger partial charge in [-0.25, -0.2) is 4.98 Å². The number of fused-ring (bicyclic) bond motifs is 4. The molecule has 0 radical (unpaired) electrons. The van der Waals surface area contributed by atoms with Crippen LogP contribution in [0.3, 0.4) is 0 Å². The quantitative estimate of drug-likeness (QED) is 0.167. The number of aryl methyl sites for hydroxylation is 1. The maximum absolute atomic E-state index is 6.87. The van der Waals surface area contributed by atoms with Gasteiger partial charge in [-0.1, -0.05) is 131 Å². The molecule has 0 saturated heterocycles. The van der Waals surface area contributed by atoms with Crippen molar-refractivity contribution in [2.75, 3.05) is 0 Å². The molecule has 53 heavy (non-hydrogen) atoms. The molecule has 0 bridgehead atoms. The summed E-state index contributed by atoms with van der Waals surface area (Å²) < 4.78 is 9.22. The smallest absolute Gasteiger partial charge is 0.149 e. The lowest BCUT2D eigenvalue weighted by Gasteiger charge is -2.24. The van der Waals surface area contributed by atoms with E-state index in [1.807, 2.05) is 13.1 Å². The van der Waals surface area contributed by atoms with E-state index < -0.39 is 0 Å². The molecule has 3 aromatic heterocycles. The summed E-state index contributed by atoms with van der Waals surface area (Å²) in [6, 6.07) is 49.8. The number of imidazole rings is 1. The highest BCUT2D eigenvalue weighted by molar-refractivity contribution is 6.10. The van der Waals surface area contributed by atoms with Crippen molar-refractivity contribution in [2.45, 2.75) is 46.5 Å². The van der Waals surface area contributed by atoms with Gasteiger partial charge in [-0.3, -0.25) is 9.55 Å². The van der Waals surface area contributed by atoms with Crippen LogP contribution in [0.4, 0.5) is 0 Å². The van der Waals surface area contributed by atoms with Gasteiger partial charge in [-0.2, -0.15) is 0 Å². The number of para-hydroxylation sites is 1. The Labute approximate surface area is 310 Å². The summed E-state index contributed by atoms with van der Waals surface area (Å²) in [5, 5.41) is 2.16. The predicted octanol–water partition coefficient (Wildman–Crippen LogP) is 13.5. The van der Waals surface area contributed by atoms with E-state index in [-0.39, 0.29) is 11.8 Å². The normalized spacial score (nSPS) is 11.8. The van der Waals surface area contributed by atoms with Crippen LogP contribution in [0.5, 0.6) is 0 Å². The largest absolute Gasteiger partial charge is 0.455 e. The van der Waals surface area contributed by atoms with Crippen LogP contribution in [0.15, 0.2) is 150 Å². The van der Waals surface area contributed by atoms with Crippen LogP contribution in [0.2, 0.25) is 0 Å². The number of hydrogen-bond acceptors (Lipinski definition) is 3. The topological polar surface area (TPSA) is 43.9 Å². The number of nitrogens with zero attached hydrogens (tertiary/aromatic N) is 3. The summed E-state index contributed by atoms with van der Waals surface area (Å²) >= 11 is 0. The molecular formula is C49H41N3O. The van der Waals surface area contributed by atoms with E-state index in [4.69, 9.17) is 14.4 Å². The first-order valence-electron chi connectivity index (χ1n) is 18.5. The van der Waals surface area contributed by atoms with Crippen molar-refractivity contribution in [2.24, 2.45) is 0 Å². The molecule has 4 heteroatoms. The summed E-state index contributed by atoms with van der Waals surface area (Å²) in [5.41, 5.74) is 16.3. The second-order valence-electron chi connectivity index (χ2n) is 14.7. The van der Waals surface area contributed by atoms with Crippen molar-refractivity contribution in [3.05, 3.63) is 163 Å². The highest BCUT2D eigenvalue weighted by atomic mass is 16.3. The van der Waals surface area contributed by atoms with Crippen molar-refractivity contribution in [1.82, 2.24) is 14.5 Å². The maximum atomic E-state index is 6.87. The fourth-order valence-corrected chi connectivity index (χ4v) is 7.74. The average Bonchev–Trinajstić information content (AvgIpc) is 3.75. The van der Waals surface area contributed by atoms with Gasteiger partial charge in [-0.15, -0.1) is 0 Å². The lowest BCUT2D eigenvalue weighted by Crippen LogP contribution is -2.09. The third-order valence-corrected chi connectivity index (χ3v) is 10.5. The molecule has 0 atom stereocenters. The Morgan fingerprint density at radius 3 is 1.77 bits per heavy atom. The molecule has 3 heterocycles. The SMILES string of the molecule is Cc1cc2nc(-c3cccc4c3oc3cc(-c5ccc(-c6ccccc6)cc5)ccc34)n(-c3c(C(C)C)cc(-c4ccccc4)cc3C(C)C)c2cn1. The van der Waals surface area contributed by atoms with Gasteiger partial charge in [0.25, 0.3) is 0 Å². The summed E-state index contributed by atoms with van der Waals surface area (Å²) in [7, 11) is 0. The third-order valence-electron chi connectivity index (χ3n) is 10.5. The van der Waals surface area contributed by atoms with Crippen LogP contribution in [0, 0.1) is 6.92 Å². The Morgan fingerprint density at radius 2 is 1.13 bits per heavy atom. The van der Waals surface area contributed by atoms with Crippen molar-refractivity contribution in [3.8, 4) is 50.5 Å². The van der Waals surface area contributed by atoms with Crippen LogP contribution in [0.1, 0.15) is 56.4 Å². The molecule has 0 aliphatic heterocycles. The molecule has 258 valence electrons. The Balaban J connectivity index is 1.24. The first-order valence-corrected chi connectivity index (χ1v) is 18.5. The van der Waals surface area contributed by atoms with Gasteiger partial charge in [-0.05, 0) is 99.7 Å². The second kappa shape index (κ2) is 13.1. The van der Waals surface area contributed by atoms with E-state index in [0.717, 1.165) is 61.2 Å². The van der Waals surface area contributed by atoms with Crippen molar-refractivity contribution < 1.29 is 4.42 Å². The van der Waals surface area contributed by atoms with E-state index in [2.05, 4.69) is 172 Å². The highest BCUT2D eigenvalue weighted by Crippen LogP contribution is 2.43. The predicted molar refractivity (Wildman–Crippen MR) is 221 cm³/mol. The molecule has 4 nitrogen and oxygen atoms in total. The van der Waals surface area contributed by atoms with Crippen LogP contribution in [-0.2, 0) is 0 Å². The zero-order chi connectivity index (χ0) is 36.2. The molecule has 0 fully saturated rings. The van der Waals surface area contributed by atoms with E-state index in [9.17, 15) is 0 Å². The fourth-order valence-electron chi connectivity index (χ4n) is 7.74. The van der Waals surface area contributed by atoms with Crippen LogP contribution in [0.25, 0.3) is 83.4 Å². The molecule has 9 rings (SSSR count). The number of aromatic nitrogens is 3. The van der Waals surface area contributed by atoms with Gasteiger partial charge in [0.15, 0.2) is 0 Å². The molecule has 0 aliphatic rings. The monoisotopic (exact) mass is 687 g/mol. The zero-order valence-electron chi connectivity index (χ0n) is 30.8. The Morgan fingerprint density at radius 1 is 0.547 bits per heavy atom. The minimum Gasteiger partial charge on any atom is -0.455 e. The first kappa shape index (κ1) is 32.6.